The van der Waals surface area contributed by atoms with Crippen LogP contribution in [0.4, 0.5) is 0 Å². The zero-order valence-corrected chi connectivity index (χ0v) is 14.9. The molecule has 1 N–H and O–H groups in total. The number of amides is 1. The van der Waals surface area contributed by atoms with Gasteiger partial charge in [-0.1, -0.05) is 56.0 Å². The summed E-state index contributed by atoms with van der Waals surface area (Å²) in [4.78, 5) is 15.0. The van der Waals surface area contributed by atoms with Gasteiger partial charge in [-0.05, 0) is 44.2 Å². The van der Waals surface area contributed by atoms with Crippen LogP contribution < -0.4 is 5.32 Å². The minimum atomic E-state index is 0.214. The first-order valence-corrected chi connectivity index (χ1v) is 9.88. The van der Waals surface area contributed by atoms with E-state index in [9.17, 15) is 4.79 Å². The lowest BCUT2D eigenvalue weighted by Gasteiger charge is -2.38. The number of carbonyl (C=O) groups excluding carboxylic acids is 1. The molecule has 1 atom stereocenters. The van der Waals surface area contributed by atoms with Crippen molar-refractivity contribution in [3.05, 3.63) is 35.9 Å². The standard InChI is InChI=1S/C21H32N2O/c24-21(15-14-18-9-4-3-5-10-18)22-19-11-8-16-23(17-19)20-12-6-1-2-7-13-20/h3-5,9-10,19-20H,1-2,6-8,11-17H2,(H,22,24)/t19-/m1/s1. The van der Waals surface area contributed by atoms with Gasteiger partial charge >= 0.3 is 0 Å². The topological polar surface area (TPSA) is 32.3 Å². The number of carbonyl (C=O) groups is 1. The van der Waals surface area contributed by atoms with E-state index in [1.165, 1.54) is 57.1 Å². The Bertz CT molecular complexity index is 494. The quantitative estimate of drug-likeness (QED) is 0.831. The molecule has 3 nitrogen and oxygen atoms in total. The van der Waals surface area contributed by atoms with Gasteiger partial charge in [0.2, 0.25) is 5.91 Å². The predicted octanol–water partition coefficient (Wildman–Crippen LogP) is 3.92. The molecule has 1 aliphatic heterocycles. The van der Waals surface area contributed by atoms with Crippen LogP contribution in [-0.2, 0) is 11.2 Å². The molecular weight excluding hydrogens is 296 g/mol. The van der Waals surface area contributed by atoms with Crippen LogP contribution in [0.2, 0.25) is 0 Å². The SMILES string of the molecule is O=C(CCc1ccccc1)N[C@@H]1CCCN(C2CCCCCC2)C1. The summed E-state index contributed by atoms with van der Waals surface area (Å²) in [5.41, 5.74) is 1.25. The van der Waals surface area contributed by atoms with E-state index in [4.69, 9.17) is 0 Å². The highest BCUT2D eigenvalue weighted by Crippen LogP contribution is 2.24. The van der Waals surface area contributed by atoms with Gasteiger partial charge in [-0.15, -0.1) is 0 Å². The molecule has 2 fully saturated rings. The third-order valence-corrected chi connectivity index (χ3v) is 5.64. The van der Waals surface area contributed by atoms with Crippen LogP contribution in [0.3, 0.4) is 0 Å². The number of hydrogen-bond donors (Lipinski definition) is 1. The van der Waals surface area contributed by atoms with Crippen LogP contribution in [-0.4, -0.2) is 36.0 Å². The van der Waals surface area contributed by atoms with E-state index in [1.807, 2.05) is 18.2 Å². The fourth-order valence-corrected chi connectivity index (χ4v) is 4.28. The van der Waals surface area contributed by atoms with Crippen molar-refractivity contribution in [2.45, 2.75) is 76.3 Å². The summed E-state index contributed by atoms with van der Waals surface area (Å²) < 4.78 is 0. The molecule has 1 aromatic rings. The lowest BCUT2D eigenvalue weighted by Crippen LogP contribution is -2.50. The Hall–Kier alpha value is -1.35. The van der Waals surface area contributed by atoms with Gasteiger partial charge < -0.3 is 5.32 Å². The number of nitrogens with zero attached hydrogens (tertiary/aromatic N) is 1. The van der Waals surface area contributed by atoms with Gasteiger partial charge in [-0.3, -0.25) is 9.69 Å². The molecule has 1 saturated carbocycles. The van der Waals surface area contributed by atoms with Gasteiger partial charge in [-0.2, -0.15) is 0 Å². The van der Waals surface area contributed by atoms with Crippen molar-refractivity contribution < 1.29 is 4.79 Å². The number of piperidine rings is 1. The van der Waals surface area contributed by atoms with E-state index in [2.05, 4.69) is 22.3 Å². The average Bonchev–Trinajstić information content (AvgIpc) is 2.91. The molecule has 1 amide bonds. The van der Waals surface area contributed by atoms with Crippen LogP contribution in [0, 0.1) is 0 Å². The minimum absolute atomic E-state index is 0.214. The van der Waals surface area contributed by atoms with Gasteiger partial charge in [0.05, 0.1) is 0 Å². The second kappa shape index (κ2) is 9.22. The first-order valence-electron chi connectivity index (χ1n) is 9.88. The van der Waals surface area contributed by atoms with E-state index in [1.54, 1.807) is 0 Å². The van der Waals surface area contributed by atoms with Crippen LogP contribution in [0.25, 0.3) is 0 Å². The summed E-state index contributed by atoms with van der Waals surface area (Å²) in [5, 5.41) is 3.29. The zero-order chi connectivity index (χ0) is 16.6. The maximum Gasteiger partial charge on any atom is 0.220 e. The number of benzene rings is 1. The fourth-order valence-electron chi connectivity index (χ4n) is 4.28. The van der Waals surface area contributed by atoms with Crippen LogP contribution in [0.15, 0.2) is 30.3 Å². The Kier molecular flexibility index (Phi) is 6.71. The maximum atomic E-state index is 12.3. The Morgan fingerprint density at radius 1 is 1.00 bits per heavy atom. The van der Waals surface area contributed by atoms with Crippen molar-refractivity contribution in [1.29, 1.82) is 0 Å². The maximum absolute atomic E-state index is 12.3. The molecule has 1 aromatic carbocycles. The summed E-state index contributed by atoms with van der Waals surface area (Å²) in [7, 11) is 0. The highest BCUT2D eigenvalue weighted by Gasteiger charge is 2.27. The molecule has 132 valence electrons. The van der Waals surface area contributed by atoms with Crippen molar-refractivity contribution in [3.8, 4) is 0 Å². The van der Waals surface area contributed by atoms with Crippen molar-refractivity contribution in [2.75, 3.05) is 13.1 Å². The molecule has 2 aliphatic rings. The van der Waals surface area contributed by atoms with Gasteiger partial charge in [0.1, 0.15) is 0 Å². The van der Waals surface area contributed by atoms with Gasteiger partial charge in [-0.25, -0.2) is 0 Å². The monoisotopic (exact) mass is 328 g/mol. The summed E-state index contributed by atoms with van der Waals surface area (Å²) in [6.07, 6.45) is 12.1. The molecule has 0 spiro atoms. The van der Waals surface area contributed by atoms with Crippen LogP contribution >= 0.6 is 0 Å². The van der Waals surface area contributed by atoms with E-state index in [0.29, 0.717) is 12.5 Å². The minimum Gasteiger partial charge on any atom is -0.352 e. The third kappa shape index (κ3) is 5.34. The lowest BCUT2D eigenvalue weighted by molar-refractivity contribution is -0.122. The van der Waals surface area contributed by atoms with Crippen molar-refractivity contribution in [2.24, 2.45) is 0 Å². The Morgan fingerprint density at radius 2 is 1.75 bits per heavy atom. The van der Waals surface area contributed by atoms with Crippen molar-refractivity contribution >= 4 is 5.91 Å². The molecule has 0 radical (unpaired) electrons. The first-order chi connectivity index (χ1) is 11.8. The Labute approximate surface area is 146 Å². The van der Waals surface area contributed by atoms with E-state index >= 15 is 0 Å². The average molecular weight is 329 g/mol. The van der Waals surface area contributed by atoms with E-state index in [-0.39, 0.29) is 5.91 Å². The normalized spacial score (nSPS) is 23.6. The lowest BCUT2D eigenvalue weighted by atomic mass is 9.99. The molecule has 1 saturated heterocycles. The summed E-state index contributed by atoms with van der Waals surface area (Å²) in [6.45, 7) is 2.28. The van der Waals surface area contributed by atoms with Gasteiger partial charge in [0.15, 0.2) is 0 Å². The van der Waals surface area contributed by atoms with Crippen molar-refractivity contribution in [3.63, 3.8) is 0 Å². The van der Waals surface area contributed by atoms with Crippen molar-refractivity contribution in [1.82, 2.24) is 10.2 Å². The molecule has 3 heteroatoms. The smallest absolute Gasteiger partial charge is 0.220 e. The number of hydrogen-bond acceptors (Lipinski definition) is 2. The molecule has 24 heavy (non-hydrogen) atoms. The fraction of sp³-hybridized carbons (Fsp3) is 0.667. The van der Waals surface area contributed by atoms with Gasteiger partial charge in [0.25, 0.3) is 0 Å². The van der Waals surface area contributed by atoms with E-state index < -0.39 is 0 Å². The number of rotatable bonds is 5. The molecule has 1 heterocycles. The summed E-state index contributed by atoms with van der Waals surface area (Å²) in [6, 6.07) is 11.4. The largest absolute Gasteiger partial charge is 0.352 e. The molecule has 0 aromatic heterocycles. The predicted molar refractivity (Wildman–Crippen MR) is 99.0 cm³/mol. The zero-order valence-electron chi connectivity index (χ0n) is 14.9. The highest BCUT2D eigenvalue weighted by atomic mass is 16.1. The Balaban J connectivity index is 1.43. The number of aryl methyl sites for hydroxylation is 1. The van der Waals surface area contributed by atoms with E-state index in [0.717, 1.165) is 25.4 Å². The summed E-state index contributed by atoms with van der Waals surface area (Å²) in [5.74, 6) is 0.214. The highest BCUT2D eigenvalue weighted by molar-refractivity contribution is 5.76. The van der Waals surface area contributed by atoms with Gasteiger partial charge in [0, 0.05) is 25.0 Å². The third-order valence-electron chi connectivity index (χ3n) is 5.64. The second-order valence-electron chi connectivity index (χ2n) is 7.53. The molecular formula is C21H32N2O. The molecule has 1 aliphatic carbocycles. The second-order valence-corrected chi connectivity index (χ2v) is 7.53. The number of nitrogens with one attached hydrogen (secondary N) is 1. The molecule has 0 unspecified atom stereocenters. The Morgan fingerprint density at radius 3 is 2.50 bits per heavy atom. The first kappa shape index (κ1) is 17.5. The molecule has 3 rings (SSSR count). The molecule has 0 bridgehead atoms. The van der Waals surface area contributed by atoms with Crippen LogP contribution in [0.1, 0.15) is 63.4 Å². The van der Waals surface area contributed by atoms with Crippen LogP contribution in [0.5, 0.6) is 0 Å². The number of likely N-dealkylation sites (tertiary alicyclic amines) is 1. The summed E-state index contributed by atoms with van der Waals surface area (Å²) >= 11 is 0.